The van der Waals surface area contributed by atoms with E-state index in [0.29, 0.717) is 36.1 Å². The molecule has 3 heterocycles. The minimum atomic E-state index is -0.740. The zero-order chi connectivity index (χ0) is 34.1. The predicted molar refractivity (Wildman–Crippen MR) is 194 cm³/mol. The molecule has 2 saturated heterocycles. The van der Waals surface area contributed by atoms with E-state index < -0.39 is 5.97 Å². The summed E-state index contributed by atoms with van der Waals surface area (Å²) in [5.41, 5.74) is 7.94. The molecule has 0 radical (unpaired) electrons. The third-order valence-corrected chi connectivity index (χ3v) is 10.7. The van der Waals surface area contributed by atoms with Crippen LogP contribution in [0.2, 0.25) is 10.0 Å². The molecule has 0 amide bonds. The van der Waals surface area contributed by atoms with Crippen molar-refractivity contribution in [3.63, 3.8) is 0 Å². The number of benzene rings is 4. The molecule has 7 rings (SSSR count). The van der Waals surface area contributed by atoms with Crippen LogP contribution in [0.5, 0.6) is 5.75 Å². The zero-order valence-electron chi connectivity index (χ0n) is 27.5. The third kappa shape index (κ3) is 7.21. The van der Waals surface area contributed by atoms with Crippen molar-refractivity contribution in [3.8, 4) is 28.0 Å². The molecule has 8 nitrogen and oxygen atoms in total. The molecular weight excluding hydrogens is 659 g/mol. The Labute approximate surface area is 296 Å². The number of ether oxygens (including phenoxy) is 1. The number of hydrogen-bond donors (Lipinski definition) is 2. The second kappa shape index (κ2) is 14.5. The Morgan fingerprint density at radius 2 is 1.63 bits per heavy atom. The van der Waals surface area contributed by atoms with Crippen LogP contribution in [-0.2, 0) is 24.4 Å². The topological polar surface area (TPSA) is 91.1 Å². The number of likely N-dealkylation sites (tertiary alicyclic amines) is 2. The summed E-state index contributed by atoms with van der Waals surface area (Å²) in [6, 6.07) is 24.7. The van der Waals surface area contributed by atoms with Crippen molar-refractivity contribution in [3.05, 3.63) is 106 Å². The van der Waals surface area contributed by atoms with Gasteiger partial charge in [-0.15, -0.1) is 0 Å². The summed E-state index contributed by atoms with van der Waals surface area (Å²) < 4.78 is 7.73. The second-order valence-electron chi connectivity index (χ2n) is 13.3. The van der Waals surface area contributed by atoms with Gasteiger partial charge in [-0.1, -0.05) is 77.8 Å². The van der Waals surface area contributed by atoms with E-state index >= 15 is 0 Å². The van der Waals surface area contributed by atoms with Gasteiger partial charge in [0.05, 0.1) is 42.4 Å². The number of methoxy groups -OCH3 is 1. The second-order valence-corrected chi connectivity index (χ2v) is 14.0. The number of rotatable bonds is 10. The Hall–Kier alpha value is -3.92. The van der Waals surface area contributed by atoms with Crippen molar-refractivity contribution >= 4 is 40.1 Å². The highest BCUT2D eigenvalue weighted by Gasteiger charge is 2.26. The number of β-amino-alcohol motifs (C(OH)–C–C–N with tert-alkyl or cyclic N) is 1. The van der Waals surface area contributed by atoms with Crippen LogP contribution in [0.4, 0.5) is 0 Å². The Bertz CT molecular complexity index is 1980. The van der Waals surface area contributed by atoms with Gasteiger partial charge in [-0.25, -0.2) is 0 Å². The van der Waals surface area contributed by atoms with Crippen LogP contribution >= 0.6 is 23.2 Å². The fraction of sp³-hybridized carbons (Fsp3) is 0.333. The monoisotopic (exact) mass is 698 g/mol. The van der Waals surface area contributed by atoms with Gasteiger partial charge in [-0.05, 0) is 66.3 Å². The molecule has 0 saturated carbocycles. The molecule has 0 spiro atoms. The minimum absolute atomic E-state index is 0.224. The van der Waals surface area contributed by atoms with E-state index in [1.54, 1.807) is 7.11 Å². The maximum atomic E-state index is 11.6. The number of aliphatic hydroxyl groups is 1. The number of piperidine rings is 1. The average molecular weight is 700 g/mol. The van der Waals surface area contributed by atoms with E-state index in [4.69, 9.17) is 33.0 Å². The molecule has 5 aromatic rings. The summed E-state index contributed by atoms with van der Waals surface area (Å²) in [5, 5.41) is 26.4. The van der Waals surface area contributed by atoms with E-state index in [-0.39, 0.29) is 12.0 Å². The van der Waals surface area contributed by atoms with Crippen LogP contribution in [0.3, 0.4) is 0 Å². The van der Waals surface area contributed by atoms with Crippen molar-refractivity contribution in [2.75, 3.05) is 33.3 Å². The molecule has 0 aliphatic carbocycles. The quantitative estimate of drug-likeness (QED) is 0.155. The molecule has 2 aliphatic rings. The van der Waals surface area contributed by atoms with Crippen molar-refractivity contribution in [1.29, 1.82) is 0 Å². The smallest absolute Gasteiger partial charge is 0.307 e. The van der Waals surface area contributed by atoms with E-state index in [2.05, 4.69) is 52.3 Å². The lowest BCUT2D eigenvalue weighted by Gasteiger charge is -2.31. The predicted octanol–water partition coefficient (Wildman–Crippen LogP) is 7.60. The maximum Gasteiger partial charge on any atom is 0.307 e. The molecule has 10 heteroatoms. The van der Waals surface area contributed by atoms with Gasteiger partial charge >= 0.3 is 5.97 Å². The van der Waals surface area contributed by atoms with Crippen LogP contribution in [0.25, 0.3) is 33.2 Å². The van der Waals surface area contributed by atoms with E-state index in [1.807, 2.05) is 41.2 Å². The first kappa shape index (κ1) is 33.6. The van der Waals surface area contributed by atoms with Crippen LogP contribution in [0, 0.1) is 5.92 Å². The number of carboxylic acids is 1. The Morgan fingerprint density at radius 1 is 0.878 bits per heavy atom. The van der Waals surface area contributed by atoms with Gasteiger partial charge in [0.25, 0.3) is 0 Å². The third-order valence-electron chi connectivity index (χ3n) is 9.91. The lowest BCUT2D eigenvalue weighted by atomic mass is 9.96. The van der Waals surface area contributed by atoms with Gasteiger partial charge in [-0.3, -0.25) is 19.3 Å². The highest BCUT2D eigenvalue weighted by atomic mass is 35.5. The molecular formula is C39H40Cl2N4O4. The highest BCUT2D eigenvalue weighted by Crippen LogP contribution is 2.40. The van der Waals surface area contributed by atoms with Gasteiger partial charge in [0.15, 0.2) is 0 Å². The van der Waals surface area contributed by atoms with E-state index in [9.17, 15) is 15.0 Å². The number of carboxylic acid groups (broad SMARTS) is 1. The summed E-state index contributed by atoms with van der Waals surface area (Å²) in [7, 11) is 1.65. The molecule has 2 atom stereocenters. The minimum Gasteiger partial charge on any atom is -0.496 e. The zero-order valence-corrected chi connectivity index (χ0v) is 29.0. The van der Waals surface area contributed by atoms with Gasteiger partial charge in [0.2, 0.25) is 0 Å². The SMILES string of the molecule is COc1cc(Cn2ncc3c(-c4cccc(-c5ccc(CN6CC[C@@H](O)C6)cc5)c4Cl)cccc32)c(Cl)cc1CN1CCC[C@@H](C(=O)O)C1. The summed E-state index contributed by atoms with van der Waals surface area (Å²) in [6.45, 7) is 4.86. The first-order valence-corrected chi connectivity index (χ1v) is 17.6. The number of aromatic nitrogens is 2. The number of aliphatic carboxylic acids is 1. The van der Waals surface area contributed by atoms with Crippen molar-refractivity contribution in [2.24, 2.45) is 5.92 Å². The number of fused-ring (bicyclic) bond motifs is 1. The van der Waals surface area contributed by atoms with Gasteiger partial charge < -0.3 is 14.9 Å². The molecule has 254 valence electrons. The van der Waals surface area contributed by atoms with Crippen LogP contribution in [0.15, 0.2) is 79.0 Å². The van der Waals surface area contributed by atoms with Crippen molar-refractivity contribution in [2.45, 2.75) is 45.0 Å². The molecule has 49 heavy (non-hydrogen) atoms. The van der Waals surface area contributed by atoms with Gasteiger partial charge in [-0.2, -0.15) is 5.10 Å². The molecule has 2 aliphatic heterocycles. The molecule has 0 unspecified atom stereocenters. The number of aliphatic hydroxyl groups excluding tert-OH is 1. The van der Waals surface area contributed by atoms with E-state index in [1.165, 1.54) is 5.56 Å². The Kier molecular flexibility index (Phi) is 9.94. The molecule has 4 aromatic carbocycles. The van der Waals surface area contributed by atoms with E-state index in [0.717, 1.165) is 89.1 Å². The largest absolute Gasteiger partial charge is 0.496 e. The maximum absolute atomic E-state index is 11.6. The molecule has 0 bridgehead atoms. The highest BCUT2D eigenvalue weighted by molar-refractivity contribution is 6.36. The Balaban J connectivity index is 1.12. The molecule has 2 N–H and O–H groups in total. The number of carbonyl (C=O) groups is 1. The summed E-state index contributed by atoms with van der Waals surface area (Å²) in [4.78, 5) is 16.0. The van der Waals surface area contributed by atoms with Crippen molar-refractivity contribution in [1.82, 2.24) is 19.6 Å². The standard InChI is InChI=1S/C39H40Cl2N4O4/c1-49-37-18-28(35(40)17-29(37)22-43-15-4-5-27(21-43)39(47)48)23-45-36-9-3-7-32(34(36)19-42-45)33-8-2-6-31(38(33)41)26-12-10-25(11-13-26)20-44-16-14-30(46)24-44/h2-3,6-13,17-19,27,30,46H,4-5,14-16,20-24H2,1H3,(H,47,48)/t27-,30-/m1/s1. The summed E-state index contributed by atoms with van der Waals surface area (Å²) in [6.07, 6.45) is 4.05. The lowest BCUT2D eigenvalue weighted by molar-refractivity contribution is -0.143. The lowest BCUT2D eigenvalue weighted by Crippen LogP contribution is -2.38. The fourth-order valence-corrected chi connectivity index (χ4v) is 7.89. The Morgan fingerprint density at radius 3 is 2.39 bits per heavy atom. The van der Waals surface area contributed by atoms with Gasteiger partial charge in [0.1, 0.15) is 5.75 Å². The van der Waals surface area contributed by atoms with Crippen LogP contribution in [0.1, 0.15) is 36.0 Å². The number of hydrogen-bond acceptors (Lipinski definition) is 6. The van der Waals surface area contributed by atoms with Crippen molar-refractivity contribution < 1.29 is 19.7 Å². The summed E-state index contributed by atoms with van der Waals surface area (Å²) in [5.74, 6) is -0.366. The first-order chi connectivity index (χ1) is 23.8. The first-order valence-electron chi connectivity index (χ1n) is 16.8. The average Bonchev–Trinajstić information content (AvgIpc) is 3.71. The van der Waals surface area contributed by atoms with Crippen LogP contribution < -0.4 is 4.74 Å². The van der Waals surface area contributed by atoms with Crippen LogP contribution in [-0.4, -0.2) is 75.2 Å². The number of halogens is 2. The summed E-state index contributed by atoms with van der Waals surface area (Å²) >= 11 is 14.0. The van der Waals surface area contributed by atoms with Gasteiger partial charge in [0, 0.05) is 59.8 Å². The fourth-order valence-electron chi connectivity index (χ4n) is 7.31. The normalized spacial score (nSPS) is 18.7. The molecule has 1 aromatic heterocycles. The number of nitrogens with zero attached hydrogens (tertiary/aromatic N) is 4. The molecule has 2 fully saturated rings.